The highest BCUT2D eigenvalue weighted by atomic mass is 14.8. The summed E-state index contributed by atoms with van der Waals surface area (Å²) in [6.07, 6.45) is 6.56. The molecule has 62 valence electrons. The second kappa shape index (κ2) is 3.03. The molecule has 0 amide bonds. The van der Waals surface area contributed by atoms with Gasteiger partial charge in [0, 0.05) is 30.1 Å². The topological polar surface area (TPSA) is 51.3 Å². The molecule has 0 saturated heterocycles. The van der Waals surface area contributed by atoms with E-state index in [9.17, 15) is 0 Å². The monoisotopic (exact) mass is 161 g/mol. The Morgan fingerprint density at radius 1 is 1.50 bits per heavy atom. The van der Waals surface area contributed by atoms with Crippen molar-refractivity contribution in [2.45, 2.75) is 12.3 Å². The maximum atomic E-state index is 5.48. The Hall–Kier alpha value is -1.22. The summed E-state index contributed by atoms with van der Waals surface area (Å²) in [6, 6.07) is 1.93. The van der Waals surface area contributed by atoms with Crippen LogP contribution in [-0.2, 0) is 0 Å². The molecule has 1 aliphatic rings. The number of nitrogens with zero attached hydrogens (tertiary/aromatic N) is 2. The molecular formula is C9H11N3. The van der Waals surface area contributed by atoms with E-state index in [2.05, 4.69) is 9.98 Å². The van der Waals surface area contributed by atoms with E-state index in [1.54, 1.807) is 6.20 Å². The van der Waals surface area contributed by atoms with Gasteiger partial charge in [-0.05, 0) is 19.0 Å². The van der Waals surface area contributed by atoms with Crippen molar-refractivity contribution in [2.24, 2.45) is 10.7 Å². The van der Waals surface area contributed by atoms with Crippen molar-refractivity contribution in [3.63, 3.8) is 0 Å². The Bertz CT molecular complexity index is 306. The first kappa shape index (κ1) is 7.43. The van der Waals surface area contributed by atoms with Crippen LogP contribution >= 0.6 is 0 Å². The van der Waals surface area contributed by atoms with Crippen molar-refractivity contribution >= 4 is 11.9 Å². The van der Waals surface area contributed by atoms with E-state index < -0.39 is 0 Å². The van der Waals surface area contributed by atoms with E-state index in [-0.39, 0.29) is 0 Å². The largest absolute Gasteiger partial charge is 0.330 e. The van der Waals surface area contributed by atoms with Crippen molar-refractivity contribution in [2.75, 3.05) is 6.54 Å². The maximum absolute atomic E-state index is 5.48. The first-order valence-corrected chi connectivity index (χ1v) is 4.10. The van der Waals surface area contributed by atoms with Crippen molar-refractivity contribution < 1.29 is 0 Å². The van der Waals surface area contributed by atoms with E-state index in [1.165, 1.54) is 5.56 Å². The van der Waals surface area contributed by atoms with Gasteiger partial charge in [0.25, 0.3) is 0 Å². The second-order valence-electron chi connectivity index (χ2n) is 2.90. The zero-order valence-corrected chi connectivity index (χ0v) is 6.77. The van der Waals surface area contributed by atoms with Gasteiger partial charge in [0.2, 0.25) is 0 Å². The van der Waals surface area contributed by atoms with E-state index >= 15 is 0 Å². The van der Waals surface area contributed by atoms with Gasteiger partial charge in [-0.3, -0.25) is 9.98 Å². The van der Waals surface area contributed by atoms with Crippen LogP contribution in [0.4, 0.5) is 5.69 Å². The Balaban J connectivity index is 2.30. The number of pyridine rings is 1. The Morgan fingerprint density at radius 3 is 3.25 bits per heavy atom. The van der Waals surface area contributed by atoms with Gasteiger partial charge in [0.05, 0.1) is 5.69 Å². The van der Waals surface area contributed by atoms with Crippen LogP contribution in [0.3, 0.4) is 0 Å². The Morgan fingerprint density at radius 2 is 2.42 bits per heavy atom. The smallest absolute Gasteiger partial charge is 0.0695 e. The molecule has 0 radical (unpaired) electrons. The SMILES string of the molecule is NCC[C@@H]1C=Nc2ccncc21. The lowest BCUT2D eigenvalue weighted by Gasteiger charge is -2.05. The fraction of sp³-hybridized carbons (Fsp3) is 0.333. The predicted molar refractivity (Wildman–Crippen MR) is 48.8 cm³/mol. The minimum Gasteiger partial charge on any atom is -0.330 e. The highest BCUT2D eigenvalue weighted by molar-refractivity contribution is 5.80. The number of hydrogen-bond donors (Lipinski definition) is 1. The number of aromatic nitrogens is 1. The third kappa shape index (κ3) is 1.12. The normalized spacial score (nSPS) is 19.6. The second-order valence-corrected chi connectivity index (χ2v) is 2.90. The van der Waals surface area contributed by atoms with E-state index in [0.717, 1.165) is 12.1 Å². The highest BCUT2D eigenvalue weighted by Gasteiger charge is 2.17. The molecule has 0 saturated carbocycles. The molecule has 2 N–H and O–H groups in total. The molecular weight excluding hydrogens is 150 g/mol. The van der Waals surface area contributed by atoms with Crippen molar-refractivity contribution in [1.29, 1.82) is 0 Å². The van der Waals surface area contributed by atoms with Crippen molar-refractivity contribution in [1.82, 2.24) is 4.98 Å². The molecule has 0 fully saturated rings. The number of aliphatic imine (C=N–C) groups is 1. The number of hydrogen-bond acceptors (Lipinski definition) is 3. The molecule has 1 aliphatic heterocycles. The van der Waals surface area contributed by atoms with Gasteiger partial charge in [-0.15, -0.1) is 0 Å². The molecule has 0 aromatic carbocycles. The summed E-state index contributed by atoms with van der Waals surface area (Å²) in [5.74, 6) is 0.388. The highest BCUT2D eigenvalue weighted by Crippen LogP contribution is 2.32. The zero-order valence-electron chi connectivity index (χ0n) is 6.77. The average molecular weight is 161 g/mol. The molecule has 3 heteroatoms. The quantitative estimate of drug-likeness (QED) is 0.709. The van der Waals surface area contributed by atoms with Crippen LogP contribution in [-0.4, -0.2) is 17.7 Å². The zero-order chi connectivity index (χ0) is 8.39. The van der Waals surface area contributed by atoms with Crippen LogP contribution < -0.4 is 5.73 Å². The fourth-order valence-electron chi connectivity index (χ4n) is 1.46. The Kier molecular flexibility index (Phi) is 1.87. The Labute approximate surface area is 71.3 Å². The summed E-state index contributed by atoms with van der Waals surface area (Å²) >= 11 is 0. The summed E-state index contributed by atoms with van der Waals surface area (Å²) in [6.45, 7) is 0.699. The summed E-state index contributed by atoms with van der Waals surface area (Å²) in [5, 5.41) is 0. The molecule has 0 spiro atoms. The fourth-order valence-corrected chi connectivity index (χ4v) is 1.46. The number of nitrogens with two attached hydrogens (primary N) is 1. The van der Waals surface area contributed by atoms with Crippen LogP contribution in [0.2, 0.25) is 0 Å². The van der Waals surface area contributed by atoms with Crippen LogP contribution in [0.5, 0.6) is 0 Å². The molecule has 1 aromatic heterocycles. The lowest BCUT2D eigenvalue weighted by atomic mass is 10.00. The molecule has 0 unspecified atom stereocenters. The van der Waals surface area contributed by atoms with Crippen LogP contribution in [0.1, 0.15) is 17.9 Å². The molecule has 12 heavy (non-hydrogen) atoms. The predicted octanol–water partition coefficient (Wildman–Crippen LogP) is 1.23. The van der Waals surface area contributed by atoms with E-state index in [0.29, 0.717) is 12.5 Å². The minimum atomic E-state index is 0.388. The maximum Gasteiger partial charge on any atom is 0.0695 e. The van der Waals surface area contributed by atoms with Crippen LogP contribution in [0.25, 0.3) is 0 Å². The molecule has 0 aliphatic carbocycles. The lowest BCUT2D eigenvalue weighted by molar-refractivity contribution is 0.795. The summed E-state index contributed by atoms with van der Waals surface area (Å²) in [7, 11) is 0. The van der Waals surface area contributed by atoms with Crippen LogP contribution in [0.15, 0.2) is 23.5 Å². The average Bonchev–Trinajstić information content (AvgIpc) is 2.50. The van der Waals surface area contributed by atoms with Crippen molar-refractivity contribution in [3.8, 4) is 0 Å². The number of rotatable bonds is 2. The van der Waals surface area contributed by atoms with Crippen molar-refractivity contribution in [3.05, 3.63) is 24.0 Å². The van der Waals surface area contributed by atoms with Gasteiger partial charge in [0.15, 0.2) is 0 Å². The van der Waals surface area contributed by atoms with Gasteiger partial charge in [-0.25, -0.2) is 0 Å². The minimum absolute atomic E-state index is 0.388. The standard InChI is InChI=1S/C9H11N3/c10-3-1-7-5-12-9-2-4-11-6-8(7)9/h2,4-7H,1,3,10H2/t7-/m1/s1. The van der Waals surface area contributed by atoms with Gasteiger partial charge in [-0.2, -0.15) is 0 Å². The van der Waals surface area contributed by atoms with E-state index in [4.69, 9.17) is 5.73 Å². The van der Waals surface area contributed by atoms with Gasteiger partial charge in [-0.1, -0.05) is 0 Å². The molecule has 2 heterocycles. The van der Waals surface area contributed by atoms with Gasteiger partial charge < -0.3 is 5.73 Å². The third-order valence-corrected chi connectivity index (χ3v) is 2.10. The number of fused-ring (bicyclic) bond motifs is 1. The molecule has 3 nitrogen and oxygen atoms in total. The summed E-state index contributed by atoms with van der Waals surface area (Å²) in [5.41, 5.74) is 7.74. The molecule has 2 rings (SSSR count). The summed E-state index contributed by atoms with van der Waals surface area (Å²) < 4.78 is 0. The molecule has 1 atom stereocenters. The first-order valence-electron chi connectivity index (χ1n) is 4.10. The van der Waals surface area contributed by atoms with Gasteiger partial charge >= 0.3 is 0 Å². The molecule has 1 aromatic rings. The summed E-state index contributed by atoms with van der Waals surface area (Å²) in [4.78, 5) is 8.35. The first-order chi connectivity index (χ1) is 5.92. The lowest BCUT2D eigenvalue weighted by Crippen LogP contribution is -2.06. The molecule has 0 bridgehead atoms. The third-order valence-electron chi connectivity index (χ3n) is 2.10. The van der Waals surface area contributed by atoms with Crippen LogP contribution in [0, 0.1) is 0 Å². The van der Waals surface area contributed by atoms with E-state index in [1.807, 2.05) is 18.5 Å². The van der Waals surface area contributed by atoms with Gasteiger partial charge in [0.1, 0.15) is 0 Å².